The number of hydrogen-bond donors (Lipinski definition) is 1. The monoisotopic (exact) mass is 459 g/mol. The quantitative estimate of drug-likeness (QED) is 0.154. The van der Waals surface area contributed by atoms with Crippen molar-refractivity contribution in [3.05, 3.63) is 108 Å². The molecule has 0 unspecified atom stereocenters. The summed E-state index contributed by atoms with van der Waals surface area (Å²) in [5, 5.41) is 0. The molecule has 0 aromatic carbocycles. The van der Waals surface area contributed by atoms with Gasteiger partial charge >= 0.3 is 0 Å². The van der Waals surface area contributed by atoms with Crippen molar-refractivity contribution in [2.45, 2.75) is 45.5 Å². The van der Waals surface area contributed by atoms with Gasteiger partial charge in [0.15, 0.2) is 5.78 Å². The molecule has 0 aromatic rings. The lowest BCUT2D eigenvalue weighted by atomic mass is 9.82. The average Bonchev–Trinajstić information content (AvgIpc) is 2.81. The third kappa shape index (κ3) is 13.3. The fourth-order valence-corrected chi connectivity index (χ4v) is 2.82. The maximum absolute atomic E-state index is 12.5. The van der Waals surface area contributed by atoms with Crippen molar-refractivity contribution in [2.75, 3.05) is 0 Å². The number of rotatable bonds is 16. The van der Waals surface area contributed by atoms with Crippen LogP contribution in [0.3, 0.4) is 0 Å². The molecule has 0 saturated carbocycles. The van der Waals surface area contributed by atoms with Gasteiger partial charge in [-0.05, 0) is 65.9 Å². The summed E-state index contributed by atoms with van der Waals surface area (Å²) in [6, 6.07) is -0.270. The zero-order valence-electron chi connectivity index (χ0n) is 21.0. The zero-order valence-corrected chi connectivity index (χ0v) is 21.0. The first kappa shape index (κ1) is 30.7. The van der Waals surface area contributed by atoms with Crippen molar-refractivity contribution < 1.29 is 14.4 Å². The molecule has 0 fully saturated rings. The Bertz CT molecular complexity index is 944. The van der Waals surface area contributed by atoms with Gasteiger partial charge in [0.25, 0.3) is 0 Å². The van der Waals surface area contributed by atoms with E-state index in [4.69, 9.17) is 5.73 Å². The molecule has 0 amide bonds. The van der Waals surface area contributed by atoms with E-state index in [1.807, 2.05) is 38.2 Å². The summed E-state index contributed by atoms with van der Waals surface area (Å²) >= 11 is 0. The average molecular weight is 459 g/mol. The van der Waals surface area contributed by atoms with E-state index in [0.29, 0.717) is 35.0 Å². The lowest BCUT2D eigenvalue weighted by molar-refractivity contribution is -0.115. The predicted molar refractivity (Wildman–Crippen MR) is 147 cm³/mol. The molecule has 0 spiro atoms. The maximum atomic E-state index is 12.5. The summed E-state index contributed by atoms with van der Waals surface area (Å²) in [4.78, 5) is 33.5. The highest BCUT2D eigenvalue weighted by Gasteiger charge is 2.13. The largest absolute Gasteiger partial charge is 0.323 e. The smallest absolute Gasteiger partial charge is 0.162 e. The molecule has 0 aromatic heterocycles. The zero-order chi connectivity index (χ0) is 26.1. The summed E-state index contributed by atoms with van der Waals surface area (Å²) in [5.74, 6) is 0.221. The fourth-order valence-electron chi connectivity index (χ4n) is 2.82. The highest BCUT2D eigenvalue weighted by molar-refractivity contribution is 6.13. The number of carbonyl (C=O) groups excluding carboxylic acids is 3. The van der Waals surface area contributed by atoms with Gasteiger partial charge in [-0.25, -0.2) is 0 Å². The number of allylic oxidation sites excluding steroid dienone is 12. The minimum absolute atomic E-state index is 0.00503. The van der Waals surface area contributed by atoms with Crippen LogP contribution >= 0.6 is 0 Å². The van der Waals surface area contributed by atoms with Gasteiger partial charge in [-0.15, -0.1) is 0 Å². The molecule has 3 atom stereocenters. The Labute approximate surface area is 206 Å². The predicted octanol–water partition coefficient (Wildman–Crippen LogP) is 4.90. The van der Waals surface area contributed by atoms with Crippen LogP contribution in [0, 0.1) is 5.92 Å². The Balaban J connectivity index is 4.76. The Kier molecular flexibility index (Phi) is 15.5. The number of aldehydes is 2. The molecule has 0 saturated heterocycles. The second-order valence-corrected chi connectivity index (χ2v) is 8.44. The number of hydrogen-bond acceptors (Lipinski definition) is 4. The van der Waals surface area contributed by atoms with Crippen LogP contribution in [0.1, 0.15) is 33.6 Å². The first-order valence-electron chi connectivity index (χ1n) is 11.3. The SMILES string of the molecule is B[C@H](/C=C/C(=C)[C@H](N)[C@@H](C)/C=C(\C)C=O)C/C=C(\C)C(=O)CC(=C)C(=C)/C=C/C=C/C=C/C=O. The minimum Gasteiger partial charge on any atom is -0.323 e. The molecule has 0 aliphatic carbocycles. The molecular weight excluding hydrogens is 421 g/mol. The minimum atomic E-state index is -0.270. The van der Waals surface area contributed by atoms with E-state index in [-0.39, 0.29) is 30.0 Å². The first-order chi connectivity index (χ1) is 16.0. The summed E-state index contributed by atoms with van der Waals surface area (Å²) in [6.45, 7) is 17.5. The second-order valence-electron chi connectivity index (χ2n) is 8.44. The Morgan fingerprint density at radius 1 is 1.00 bits per heavy atom. The van der Waals surface area contributed by atoms with E-state index >= 15 is 0 Å². The van der Waals surface area contributed by atoms with Crippen molar-refractivity contribution in [3.8, 4) is 0 Å². The van der Waals surface area contributed by atoms with E-state index in [9.17, 15) is 14.4 Å². The second kappa shape index (κ2) is 17.2. The number of ketones is 1. The number of carbonyl (C=O) groups is 3. The summed E-state index contributed by atoms with van der Waals surface area (Å²) < 4.78 is 0. The maximum Gasteiger partial charge on any atom is 0.162 e. The van der Waals surface area contributed by atoms with Gasteiger partial charge in [0.2, 0.25) is 0 Å². The fraction of sp³-hybridized carbons (Fsp3) is 0.276. The molecule has 4 nitrogen and oxygen atoms in total. The molecule has 180 valence electrons. The van der Waals surface area contributed by atoms with Crippen LogP contribution in [-0.4, -0.2) is 32.2 Å². The Morgan fingerprint density at radius 3 is 2.24 bits per heavy atom. The lowest BCUT2D eigenvalue weighted by Crippen LogP contribution is -2.28. The molecule has 0 rings (SSSR count). The molecule has 34 heavy (non-hydrogen) atoms. The van der Waals surface area contributed by atoms with Gasteiger partial charge in [-0.3, -0.25) is 14.4 Å². The van der Waals surface area contributed by atoms with Gasteiger partial charge in [0.1, 0.15) is 20.4 Å². The first-order valence-corrected chi connectivity index (χ1v) is 11.3. The number of Topliss-reactive ketones (excluding diaryl/α,β-unsaturated/α-hetero) is 1. The van der Waals surface area contributed by atoms with Crippen molar-refractivity contribution in [3.63, 3.8) is 0 Å². The molecule has 0 radical (unpaired) electrons. The molecule has 0 heterocycles. The van der Waals surface area contributed by atoms with Crippen LogP contribution in [-0.2, 0) is 14.4 Å². The molecule has 2 N–H and O–H groups in total. The van der Waals surface area contributed by atoms with Crippen molar-refractivity contribution in [1.82, 2.24) is 0 Å². The Morgan fingerprint density at radius 2 is 1.62 bits per heavy atom. The highest BCUT2D eigenvalue weighted by Crippen LogP contribution is 2.18. The third-order valence-corrected chi connectivity index (χ3v) is 5.23. The van der Waals surface area contributed by atoms with Gasteiger partial charge < -0.3 is 5.73 Å². The van der Waals surface area contributed by atoms with Crippen LogP contribution in [0.15, 0.2) is 108 Å². The normalized spacial score (nSPS) is 15.6. The topological polar surface area (TPSA) is 77.2 Å². The van der Waals surface area contributed by atoms with Crippen molar-refractivity contribution in [2.24, 2.45) is 11.7 Å². The van der Waals surface area contributed by atoms with E-state index in [1.54, 1.807) is 37.3 Å². The molecule has 0 aliphatic rings. The van der Waals surface area contributed by atoms with E-state index in [0.717, 1.165) is 11.9 Å². The van der Waals surface area contributed by atoms with Crippen LogP contribution < -0.4 is 5.73 Å². The lowest BCUT2D eigenvalue weighted by Gasteiger charge is -2.18. The van der Waals surface area contributed by atoms with Crippen molar-refractivity contribution >= 4 is 26.2 Å². The molecule has 0 aliphatic heterocycles. The molecule has 5 heteroatoms. The van der Waals surface area contributed by atoms with Crippen molar-refractivity contribution in [1.29, 1.82) is 0 Å². The van der Waals surface area contributed by atoms with Crippen LogP contribution in [0.4, 0.5) is 0 Å². The summed E-state index contributed by atoms with van der Waals surface area (Å²) in [6.07, 6.45) is 20.3. The van der Waals surface area contributed by atoms with Crippen LogP contribution in [0.2, 0.25) is 5.82 Å². The third-order valence-electron chi connectivity index (χ3n) is 5.23. The number of nitrogens with two attached hydrogens (primary N) is 1. The van der Waals surface area contributed by atoms with E-state index < -0.39 is 0 Å². The van der Waals surface area contributed by atoms with E-state index in [1.165, 1.54) is 6.08 Å². The molecular formula is C29H38BNO3. The van der Waals surface area contributed by atoms with Gasteiger partial charge in [0, 0.05) is 12.5 Å². The highest BCUT2D eigenvalue weighted by atomic mass is 16.1. The van der Waals surface area contributed by atoms with Gasteiger partial charge in [0.05, 0.1) is 0 Å². The summed E-state index contributed by atoms with van der Waals surface area (Å²) in [5.41, 5.74) is 9.72. The molecule has 0 bridgehead atoms. The van der Waals surface area contributed by atoms with Gasteiger partial charge in [-0.1, -0.05) is 81.3 Å². The summed E-state index contributed by atoms with van der Waals surface area (Å²) in [7, 11) is 2.06. The Hall–Kier alpha value is -3.31. The van der Waals surface area contributed by atoms with Crippen LogP contribution in [0.5, 0.6) is 0 Å². The van der Waals surface area contributed by atoms with E-state index in [2.05, 4.69) is 27.6 Å². The van der Waals surface area contributed by atoms with Gasteiger partial charge in [-0.2, -0.15) is 0 Å². The van der Waals surface area contributed by atoms with Crippen LogP contribution in [0.25, 0.3) is 0 Å². The standard InChI is InChI=1S/C29H38BNO3/c1-21(20-33)18-26(6)29(31)24(4)14-16-27(30)15-13-23(3)28(34)19-25(5)22(2)12-10-8-7-9-11-17-32/h7-14,16-18,20,26-27,29H,2,4-5,15,19,30-31H2,1,3,6H3/b8-7+,11-9+,12-10+,16-14+,21-18+,23-13+/t26-,27-,29-/m0/s1.